The Balaban J connectivity index is 1.99. The number of hydrogen-bond acceptors (Lipinski definition) is 4. The normalized spacial score (nSPS) is 18.8. The number of aromatic nitrogens is 1. The van der Waals surface area contributed by atoms with E-state index in [9.17, 15) is 4.79 Å². The van der Waals surface area contributed by atoms with Gasteiger partial charge in [-0.1, -0.05) is 0 Å². The summed E-state index contributed by atoms with van der Waals surface area (Å²) in [4.78, 5) is 17.8. The van der Waals surface area contributed by atoms with Crippen LogP contribution in [0.2, 0.25) is 0 Å². The van der Waals surface area contributed by atoms with E-state index in [4.69, 9.17) is 0 Å². The Morgan fingerprint density at radius 2 is 2.39 bits per heavy atom. The van der Waals surface area contributed by atoms with Crippen LogP contribution in [-0.4, -0.2) is 37.3 Å². The van der Waals surface area contributed by atoms with Gasteiger partial charge in [0.25, 0.3) is 0 Å². The maximum absolute atomic E-state index is 11.1. The number of carbonyl (C=O) groups excluding carboxylic acids is 1. The van der Waals surface area contributed by atoms with Crippen LogP contribution < -0.4 is 10.2 Å². The van der Waals surface area contributed by atoms with E-state index in [2.05, 4.69) is 35.9 Å². The Kier molecular flexibility index (Phi) is 4.06. The van der Waals surface area contributed by atoms with Gasteiger partial charge in [-0.15, -0.1) is 0 Å². The summed E-state index contributed by atoms with van der Waals surface area (Å²) in [6.45, 7) is 3.62. The van der Waals surface area contributed by atoms with Crippen LogP contribution in [0.15, 0.2) is 16.6 Å². The Hall–Kier alpha value is -1.30. The van der Waals surface area contributed by atoms with Gasteiger partial charge in [0.1, 0.15) is 5.82 Å². The molecular weight excluding hydrogens is 298 g/mol. The molecule has 1 fully saturated rings. The van der Waals surface area contributed by atoms with Crippen molar-refractivity contribution < 1.29 is 9.53 Å². The summed E-state index contributed by atoms with van der Waals surface area (Å²) in [6, 6.07) is 4.11. The number of aryl methyl sites for hydroxylation is 1. The monoisotopic (exact) mass is 313 g/mol. The standard InChI is InChI=1S/C12H16BrN3O2/c1-8-10(13)3-4-11(14-8)16-6-5-9(7-16)15-12(17)18-2/h3-4,9H,5-7H2,1-2H3,(H,15,17). The summed E-state index contributed by atoms with van der Waals surface area (Å²) in [5.41, 5.74) is 0.969. The van der Waals surface area contributed by atoms with Gasteiger partial charge in [0, 0.05) is 17.6 Å². The zero-order chi connectivity index (χ0) is 13.1. The molecular formula is C12H16BrN3O2. The van der Waals surface area contributed by atoms with Gasteiger partial charge in [-0.2, -0.15) is 0 Å². The molecule has 1 aromatic heterocycles. The average molecular weight is 314 g/mol. The molecule has 98 valence electrons. The first kappa shape index (κ1) is 13.1. The molecule has 1 saturated heterocycles. The lowest BCUT2D eigenvalue weighted by Crippen LogP contribution is -2.37. The number of rotatable bonds is 2. The highest BCUT2D eigenvalue weighted by Gasteiger charge is 2.25. The number of halogens is 1. The second kappa shape index (κ2) is 5.56. The fourth-order valence-electron chi connectivity index (χ4n) is 2.02. The maximum Gasteiger partial charge on any atom is 0.407 e. The van der Waals surface area contributed by atoms with E-state index in [0.29, 0.717) is 0 Å². The summed E-state index contributed by atoms with van der Waals surface area (Å²) in [6.07, 6.45) is 0.535. The Labute approximate surface area is 115 Å². The molecule has 6 heteroatoms. The zero-order valence-electron chi connectivity index (χ0n) is 10.4. The highest BCUT2D eigenvalue weighted by molar-refractivity contribution is 9.10. The van der Waals surface area contributed by atoms with E-state index in [0.717, 1.165) is 35.5 Å². The van der Waals surface area contributed by atoms with Crippen LogP contribution in [0.4, 0.5) is 10.6 Å². The molecule has 5 nitrogen and oxygen atoms in total. The van der Waals surface area contributed by atoms with Crippen LogP contribution in [-0.2, 0) is 4.74 Å². The molecule has 2 heterocycles. The molecule has 1 aliphatic heterocycles. The Morgan fingerprint density at radius 1 is 1.61 bits per heavy atom. The average Bonchev–Trinajstić information content (AvgIpc) is 2.81. The lowest BCUT2D eigenvalue weighted by atomic mass is 10.3. The number of alkyl carbamates (subject to hydrolysis) is 1. The van der Waals surface area contributed by atoms with E-state index in [1.165, 1.54) is 7.11 Å². The fourth-order valence-corrected chi connectivity index (χ4v) is 2.24. The first-order valence-electron chi connectivity index (χ1n) is 5.82. The Morgan fingerprint density at radius 3 is 3.06 bits per heavy atom. The van der Waals surface area contributed by atoms with Crippen molar-refractivity contribution in [2.45, 2.75) is 19.4 Å². The van der Waals surface area contributed by atoms with Crippen molar-refractivity contribution in [3.63, 3.8) is 0 Å². The minimum absolute atomic E-state index is 0.128. The van der Waals surface area contributed by atoms with E-state index >= 15 is 0 Å². The van der Waals surface area contributed by atoms with Crippen molar-refractivity contribution >= 4 is 27.8 Å². The SMILES string of the molecule is COC(=O)NC1CCN(c2ccc(Br)c(C)n2)C1. The van der Waals surface area contributed by atoms with Crippen molar-refractivity contribution in [1.29, 1.82) is 0 Å². The van der Waals surface area contributed by atoms with Gasteiger partial charge in [0.2, 0.25) is 0 Å². The molecule has 0 aromatic carbocycles. The summed E-state index contributed by atoms with van der Waals surface area (Å²) in [7, 11) is 1.38. The smallest absolute Gasteiger partial charge is 0.407 e. The topological polar surface area (TPSA) is 54.5 Å². The van der Waals surface area contributed by atoms with Crippen molar-refractivity contribution in [2.75, 3.05) is 25.1 Å². The molecule has 0 bridgehead atoms. The van der Waals surface area contributed by atoms with Crippen molar-refractivity contribution in [3.8, 4) is 0 Å². The molecule has 1 amide bonds. The molecule has 0 saturated carbocycles. The highest BCUT2D eigenvalue weighted by Crippen LogP contribution is 2.22. The van der Waals surface area contributed by atoms with Gasteiger partial charge in [-0.3, -0.25) is 0 Å². The molecule has 1 aliphatic rings. The zero-order valence-corrected chi connectivity index (χ0v) is 12.0. The third-order valence-corrected chi connectivity index (χ3v) is 3.86. The minimum atomic E-state index is -0.373. The van der Waals surface area contributed by atoms with Gasteiger partial charge < -0.3 is 15.0 Å². The lowest BCUT2D eigenvalue weighted by molar-refractivity contribution is 0.167. The van der Waals surface area contributed by atoms with Gasteiger partial charge in [0.05, 0.1) is 18.8 Å². The van der Waals surface area contributed by atoms with Crippen LogP contribution in [0.5, 0.6) is 0 Å². The molecule has 0 spiro atoms. The second-order valence-electron chi connectivity index (χ2n) is 4.30. The van der Waals surface area contributed by atoms with E-state index in [1.54, 1.807) is 0 Å². The number of nitrogens with zero attached hydrogens (tertiary/aromatic N) is 2. The molecule has 0 radical (unpaired) electrons. The molecule has 1 N–H and O–H groups in total. The number of hydrogen-bond donors (Lipinski definition) is 1. The van der Waals surface area contributed by atoms with Crippen LogP contribution in [0.3, 0.4) is 0 Å². The largest absolute Gasteiger partial charge is 0.453 e. The van der Waals surface area contributed by atoms with Crippen LogP contribution >= 0.6 is 15.9 Å². The number of anilines is 1. The van der Waals surface area contributed by atoms with Gasteiger partial charge in [0.15, 0.2) is 0 Å². The summed E-state index contributed by atoms with van der Waals surface area (Å²) < 4.78 is 5.61. The van der Waals surface area contributed by atoms with Crippen molar-refractivity contribution in [1.82, 2.24) is 10.3 Å². The number of amides is 1. The van der Waals surface area contributed by atoms with Crippen LogP contribution in [0, 0.1) is 6.92 Å². The summed E-state index contributed by atoms with van der Waals surface area (Å²) >= 11 is 3.44. The maximum atomic E-state index is 11.1. The quantitative estimate of drug-likeness (QED) is 0.908. The van der Waals surface area contributed by atoms with Crippen LogP contribution in [0.25, 0.3) is 0 Å². The van der Waals surface area contributed by atoms with E-state index < -0.39 is 0 Å². The third kappa shape index (κ3) is 2.93. The summed E-state index contributed by atoms with van der Waals surface area (Å²) in [5.74, 6) is 0.949. The van der Waals surface area contributed by atoms with Gasteiger partial charge in [-0.25, -0.2) is 9.78 Å². The number of methoxy groups -OCH3 is 1. The lowest BCUT2D eigenvalue weighted by Gasteiger charge is -2.18. The van der Waals surface area contributed by atoms with Crippen LogP contribution in [0.1, 0.15) is 12.1 Å². The predicted octanol–water partition coefficient (Wildman–Crippen LogP) is 2.09. The molecule has 1 atom stereocenters. The number of nitrogens with one attached hydrogen (secondary N) is 1. The highest BCUT2D eigenvalue weighted by atomic mass is 79.9. The van der Waals surface area contributed by atoms with E-state index in [-0.39, 0.29) is 12.1 Å². The molecule has 2 rings (SSSR count). The third-order valence-electron chi connectivity index (χ3n) is 3.03. The number of ether oxygens (including phenoxy) is 1. The fraction of sp³-hybridized carbons (Fsp3) is 0.500. The Bertz CT molecular complexity index is 453. The molecule has 18 heavy (non-hydrogen) atoms. The molecule has 1 aromatic rings. The summed E-state index contributed by atoms with van der Waals surface area (Å²) in [5, 5.41) is 2.81. The van der Waals surface area contributed by atoms with Gasteiger partial charge in [-0.05, 0) is 41.4 Å². The number of carbonyl (C=O) groups is 1. The van der Waals surface area contributed by atoms with Crippen molar-refractivity contribution in [2.24, 2.45) is 0 Å². The van der Waals surface area contributed by atoms with Crippen molar-refractivity contribution in [3.05, 3.63) is 22.3 Å². The first-order valence-corrected chi connectivity index (χ1v) is 6.62. The predicted molar refractivity (Wildman–Crippen MR) is 72.8 cm³/mol. The number of pyridine rings is 1. The first-order chi connectivity index (χ1) is 8.60. The molecule has 0 aliphatic carbocycles. The minimum Gasteiger partial charge on any atom is -0.453 e. The molecule has 1 unspecified atom stereocenters. The van der Waals surface area contributed by atoms with E-state index in [1.807, 2.05) is 19.1 Å². The second-order valence-corrected chi connectivity index (χ2v) is 5.16. The van der Waals surface area contributed by atoms with Gasteiger partial charge >= 0.3 is 6.09 Å².